The Morgan fingerprint density at radius 1 is 1.12 bits per heavy atom. The van der Waals surface area contributed by atoms with E-state index in [0.29, 0.717) is 23.8 Å². The van der Waals surface area contributed by atoms with Crippen molar-refractivity contribution in [3.63, 3.8) is 0 Å². The van der Waals surface area contributed by atoms with Crippen LogP contribution in [0, 0.1) is 0 Å². The van der Waals surface area contributed by atoms with E-state index in [4.69, 9.17) is 10.5 Å². The van der Waals surface area contributed by atoms with Crippen LogP contribution < -0.4 is 10.5 Å². The van der Waals surface area contributed by atoms with E-state index in [1.54, 1.807) is 24.3 Å². The summed E-state index contributed by atoms with van der Waals surface area (Å²) in [6.45, 7) is 2.53. The van der Waals surface area contributed by atoms with Crippen molar-refractivity contribution < 1.29 is 14.3 Å². The molecule has 1 saturated heterocycles. The van der Waals surface area contributed by atoms with Crippen molar-refractivity contribution in [3.05, 3.63) is 65.7 Å². The number of amides is 2. The molecule has 2 unspecified atom stereocenters. The van der Waals surface area contributed by atoms with Gasteiger partial charge in [-0.25, -0.2) is 0 Å². The number of carbonyl (C=O) groups excluding carboxylic acids is 2. The van der Waals surface area contributed by atoms with Gasteiger partial charge in [-0.2, -0.15) is 0 Å². The van der Waals surface area contributed by atoms with E-state index < -0.39 is 5.91 Å². The summed E-state index contributed by atoms with van der Waals surface area (Å²) < 4.78 is 5.40. The Morgan fingerprint density at radius 2 is 1.80 bits per heavy atom. The third-order valence-electron chi connectivity index (χ3n) is 4.73. The highest BCUT2D eigenvalue weighted by Crippen LogP contribution is 2.35. The van der Waals surface area contributed by atoms with Gasteiger partial charge in [0.1, 0.15) is 5.75 Å². The molecule has 3 rings (SSSR count). The molecule has 5 nitrogen and oxygen atoms in total. The molecule has 1 aliphatic rings. The topological polar surface area (TPSA) is 72.6 Å². The van der Waals surface area contributed by atoms with Crippen LogP contribution in [-0.2, 0) is 4.79 Å². The van der Waals surface area contributed by atoms with E-state index in [1.165, 1.54) is 5.56 Å². The van der Waals surface area contributed by atoms with Crippen LogP contribution in [0.2, 0.25) is 0 Å². The summed E-state index contributed by atoms with van der Waals surface area (Å²) in [5, 5.41) is 0. The van der Waals surface area contributed by atoms with Crippen molar-refractivity contribution in [3.8, 4) is 5.75 Å². The van der Waals surface area contributed by atoms with Crippen molar-refractivity contribution in [1.29, 1.82) is 0 Å². The first kappa shape index (κ1) is 17.0. The van der Waals surface area contributed by atoms with Gasteiger partial charge in [-0.05, 0) is 31.0 Å². The first-order chi connectivity index (χ1) is 12.1. The van der Waals surface area contributed by atoms with Crippen LogP contribution in [0.4, 0.5) is 0 Å². The molecule has 0 spiro atoms. The van der Waals surface area contributed by atoms with Crippen LogP contribution in [0.15, 0.2) is 54.6 Å². The number of nitrogens with two attached hydrogens (primary N) is 1. The maximum atomic E-state index is 13.0. The van der Waals surface area contributed by atoms with Crippen LogP contribution in [-0.4, -0.2) is 35.9 Å². The average molecular weight is 338 g/mol. The molecule has 1 heterocycles. The van der Waals surface area contributed by atoms with Gasteiger partial charge in [-0.15, -0.1) is 0 Å². The molecule has 5 heteroatoms. The van der Waals surface area contributed by atoms with Gasteiger partial charge in [-0.3, -0.25) is 9.59 Å². The average Bonchev–Trinajstić information content (AvgIpc) is 3.02. The molecule has 0 aromatic heterocycles. The lowest BCUT2D eigenvalue weighted by Crippen LogP contribution is -2.35. The zero-order valence-electron chi connectivity index (χ0n) is 14.2. The Hall–Kier alpha value is -2.82. The van der Waals surface area contributed by atoms with Gasteiger partial charge in [0, 0.05) is 18.5 Å². The fourth-order valence-corrected chi connectivity index (χ4v) is 3.44. The van der Waals surface area contributed by atoms with E-state index in [9.17, 15) is 9.59 Å². The minimum Gasteiger partial charge on any atom is -0.483 e. The largest absolute Gasteiger partial charge is 0.483 e. The third kappa shape index (κ3) is 3.65. The molecular weight excluding hydrogens is 316 g/mol. The second-order valence-electron chi connectivity index (χ2n) is 6.30. The lowest BCUT2D eigenvalue weighted by Gasteiger charge is -2.26. The molecule has 130 valence electrons. The van der Waals surface area contributed by atoms with Crippen molar-refractivity contribution >= 4 is 11.8 Å². The van der Waals surface area contributed by atoms with Crippen LogP contribution >= 0.6 is 0 Å². The maximum Gasteiger partial charge on any atom is 0.257 e. The monoisotopic (exact) mass is 338 g/mol. The first-order valence-electron chi connectivity index (χ1n) is 8.44. The SMILES string of the molecule is CC1C(c2ccccc2)CCN1C(=O)c1ccccc1OCC(N)=O. The molecule has 25 heavy (non-hydrogen) atoms. The molecule has 2 atom stereocenters. The van der Waals surface area contributed by atoms with Crippen molar-refractivity contribution in [2.45, 2.75) is 25.3 Å². The molecule has 1 fully saturated rings. The number of ether oxygens (including phenoxy) is 1. The minimum atomic E-state index is -0.569. The molecule has 2 amide bonds. The maximum absolute atomic E-state index is 13.0. The summed E-state index contributed by atoms with van der Waals surface area (Å²) in [6.07, 6.45) is 0.932. The van der Waals surface area contributed by atoms with Crippen LogP contribution in [0.5, 0.6) is 5.75 Å². The van der Waals surface area contributed by atoms with Gasteiger partial charge in [0.05, 0.1) is 5.56 Å². The number of hydrogen-bond donors (Lipinski definition) is 1. The number of primary amides is 1. The highest BCUT2D eigenvalue weighted by molar-refractivity contribution is 5.97. The zero-order chi connectivity index (χ0) is 17.8. The molecule has 0 saturated carbocycles. The molecule has 2 N–H and O–H groups in total. The lowest BCUT2D eigenvalue weighted by molar-refractivity contribution is -0.119. The number of carbonyl (C=O) groups is 2. The summed E-state index contributed by atoms with van der Waals surface area (Å²) in [5.74, 6) is 0.0671. The molecule has 0 bridgehead atoms. The van der Waals surface area contributed by atoms with E-state index in [0.717, 1.165) is 6.42 Å². The van der Waals surface area contributed by atoms with Gasteiger partial charge in [0.15, 0.2) is 6.61 Å². The van der Waals surface area contributed by atoms with E-state index in [1.807, 2.05) is 23.1 Å². The van der Waals surface area contributed by atoms with Gasteiger partial charge >= 0.3 is 0 Å². The fourth-order valence-electron chi connectivity index (χ4n) is 3.44. The van der Waals surface area contributed by atoms with Crippen molar-refractivity contribution in [2.75, 3.05) is 13.2 Å². The quantitative estimate of drug-likeness (QED) is 0.911. The van der Waals surface area contributed by atoms with E-state index in [2.05, 4.69) is 19.1 Å². The van der Waals surface area contributed by atoms with Crippen LogP contribution in [0.1, 0.15) is 35.2 Å². The van der Waals surface area contributed by atoms with E-state index in [-0.39, 0.29) is 18.6 Å². The highest BCUT2D eigenvalue weighted by Gasteiger charge is 2.35. The summed E-state index contributed by atoms with van der Waals surface area (Å²) in [5.41, 5.74) is 6.85. The summed E-state index contributed by atoms with van der Waals surface area (Å²) >= 11 is 0. The summed E-state index contributed by atoms with van der Waals surface area (Å²) in [4.78, 5) is 25.9. The minimum absolute atomic E-state index is 0.0778. The normalized spacial score (nSPS) is 19.6. The fraction of sp³-hybridized carbons (Fsp3) is 0.300. The van der Waals surface area contributed by atoms with Crippen molar-refractivity contribution in [2.24, 2.45) is 5.73 Å². The summed E-state index contributed by atoms with van der Waals surface area (Å²) in [7, 11) is 0. The first-order valence-corrected chi connectivity index (χ1v) is 8.44. The predicted molar refractivity (Wildman–Crippen MR) is 95.4 cm³/mol. The van der Waals surface area contributed by atoms with Gasteiger partial charge < -0.3 is 15.4 Å². The molecule has 2 aromatic carbocycles. The Morgan fingerprint density at radius 3 is 2.52 bits per heavy atom. The number of hydrogen-bond acceptors (Lipinski definition) is 3. The van der Waals surface area contributed by atoms with Gasteiger partial charge in [-0.1, -0.05) is 42.5 Å². The molecule has 0 aliphatic carbocycles. The highest BCUT2D eigenvalue weighted by atomic mass is 16.5. The number of likely N-dealkylation sites (tertiary alicyclic amines) is 1. The molecule has 0 radical (unpaired) electrons. The molecule has 2 aromatic rings. The zero-order valence-corrected chi connectivity index (χ0v) is 14.2. The second-order valence-corrected chi connectivity index (χ2v) is 6.30. The van der Waals surface area contributed by atoms with Crippen molar-refractivity contribution in [1.82, 2.24) is 4.90 Å². The smallest absolute Gasteiger partial charge is 0.257 e. The molecule has 1 aliphatic heterocycles. The number of benzene rings is 2. The summed E-state index contributed by atoms with van der Waals surface area (Å²) in [6, 6.07) is 17.3. The van der Waals surface area contributed by atoms with Crippen LogP contribution in [0.25, 0.3) is 0 Å². The number of nitrogens with zero attached hydrogens (tertiary/aromatic N) is 1. The predicted octanol–water partition coefficient (Wildman–Crippen LogP) is 2.57. The third-order valence-corrected chi connectivity index (χ3v) is 4.73. The van der Waals surface area contributed by atoms with Gasteiger partial charge in [0.25, 0.3) is 11.8 Å². The standard InChI is InChI=1S/C20H22N2O3/c1-14-16(15-7-3-2-4-8-15)11-12-22(14)20(24)17-9-5-6-10-18(17)25-13-19(21)23/h2-10,14,16H,11-13H2,1H3,(H2,21,23). The van der Waals surface area contributed by atoms with Gasteiger partial charge in [0.2, 0.25) is 0 Å². The lowest BCUT2D eigenvalue weighted by atomic mass is 9.93. The van der Waals surface area contributed by atoms with Crippen LogP contribution in [0.3, 0.4) is 0 Å². The Kier molecular flexibility index (Phi) is 5.03. The van der Waals surface area contributed by atoms with E-state index >= 15 is 0 Å². The Labute approximate surface area is 147 Å². The Balaban J connectivity index is 1.79. The second kappa shape index (κ2) is 7.38. The number of rotatable bonds is 5. The Bertz CT molecular complexity index is 761. The molecular formula is C20H22N2O3. The number of para-hydroxylation sites is 1.